The molecule has 1 aliphatic heterocycles. The van der Waals surface area contributed by atoms with Crippen molar-refractivity contribution in [2.75, 3.05) is 16.8 Å². The monoisotopic (exact) mass is 418 g/mol. The molecule has 8 heteroatoms. The molecule has 3 aromatic rings. The average molecular weight is 419 g/mol. The summed E-state index contributed by atoms with van der Waals surface area (Å²) in [5.41, 5.74) is 7.52. The molecule has 31 heavy (non-hydrogen) atoms. The molecular weight excluding hydrogens is 392 g/mol. The number of amides is 2. The number of nitrogens with two attached hydrogens (primary N) is 1. The van der Waals surface area contributed by atoms with Crippen molar-refractivity contribution in [3.63, 3.8) is 0 Å². The summed E-state index contributed by atoms with van der Waals surface area (Å²) in [6.07, 6.45) is 8.89. The van der Waals surface area contributed by atoms with Gasteiger partial charge in [0.25, 0.3) is 0 Å². The van der Waals surface area contributed by atoms with Gasteiger partial charge in [0.15, 0.2) is 5.82 Å². The van der Waals surface area contributed by atoms with Crippen LogP contribution in [0, 0.1) is 0 Å². The van der Waals surface area contributed by atoms with Gasteiger partial charge < -0.3 is 15.5 Å². The summed E-state index contributed by atoms with van der Waals surface area (Å²) in [6, 6.07) is 7.38. The Hall–Kier alpha value is -3.42. The van der Waals surface area contributed by atoms with E-state index in [4.69, 9.17) is 10.7 Å². The third-order valence-electron chi connectivity index (χ3n) is 6.59. The minimum atomic E-state index is -0.454. The SMILES string of the molecule is CC[C@@H]1C(=O)N(C)c2cnc(-n3ccc4cc(C(N)=O)ccc43)nc2N1C1CCCC1. The number of benzene rings is 1. The van der Waals surface area contributed by atoms with Crippen LogP contribution in [-0.4, -0.2) is 45.5 Å². The summed E-state index contributed by atoms with van der Waals surface area (Å²) >= 11 is 0. The second-order valence-electron chi connectivity index (χ2n) is 8.37. The Kier molecular flexibility index (Phi) is 4.64. The van der Waals surface area contributed by atoms with Gasteiger partial charge in [-0.3, -0.25) is 14.2 Å². The van der Waals surface area contributed by atoms with E-state index in [0.717, 1.165) is 41.7 Å². The first kappa shape index (κ1) is 19.5. The van der Waals surface area contributed by atoms with E-state index in [0.29, 0.717) is 17.6 Å². The molecule has 8 nitrogen and oxygen atoms in total. The number of aromatic nitrogens is 3. The van der Waals surface area contributed by atoms with Crippen LogP contribution in [0.15, 0.2) is 36.7 Å². The van der Waals surface area contributed by atoms with Gasteiger partial charge in [-0.1, -0.05) is 19.8 Å². The van der Waals surface area contributed by atoms with Gasteiger partial charge in [-0.15, -0.1) is 0 Å². The summed E-state index contributed by atoms with van der Waals surface area (Å²) in [4.78, 5) is 38.0. The number of carbonyl (C=O) groups is 2. The van der Waals surface area contributed by atoms with E-state index in [1.54, 1.807) is 30.3 Å². The fraction of sp³-hybridized carbons (Fsp3) is 0.391. The predicted molar refractivity (Wildman–Crippen MR) is 120 cm³/mol. The van der Waals surface area contributed by atoms with Crippen molar-refractivity contribution in [2.24, 2.45) is 5.73 Å². The molecular formula is C23H26N6O2. The highest BCUT2D eigenvalue weighted by atomic mass is 16.2. The number of hydrogen-bond donors (Lipinski definition) is 1. The molecule has 160 valence electrons. The maximum Gasteiger partial charge on any atom is 0.249 e. The number of hydrogen-bond acceptors (Lipinski definition) is 5. The molecule has 0 unspecified atom stereocenters. The van der Waals surface area contributed by atoms with Crippen molar-refractivity contribution in [3.05, 3.63) is 42.2 Å². The summed E-state index contributed by atoms with van der Waals surface area (Å²) in [7, 11) is 1.80. The molecule has 2 N–H and O–H groups in total. The maximum absolute atomic E-state index is 13.0. The zero-order chi connectivity index (χ0) is 21.7. The lowest BCUT2D eigenvalue weighted by Gasteiger charge is -2.43. The van der Waals surface area contributed by atoms with Crippen LogP contribution in [-0.2, 0) is 4.79 Å². The van der Waals surface area contributed by atoms with Gasteiger partial charge in [0.1, 0.15) is 11.7 Å². The van der Waals surface area contributed by atoms with Crippen LogP contribution in [0.5, 0.6) is 0 Å². The first-order valence-corrected chi connectivity index (χ1v) is 10.8. The van der Waals surface area contributed by atoms with Crippen LogP contribution in [0.25, 0.3) is 16.9 Å². The molecule has 1 aliphatic carbocycles. The molecule has 0 radical (unpaired) electrons. The van der Waals surface area contributed by atoms with E-state index in [9.17, 15) is 9.59 Å². The van der Waals surface area contributed by atoms with E-state index in [2.05, 4.69) is 16.8 Å². The number of likely N-dealkylation sites (N-methyl/N-ethyl adjacent to an activating group) is 1. The summed E-state index contributed by atoms with van der Waals surface area (Å²) in [5, 5.41) is 0.893. The van der Waals surface area contributed by atoms with Crippen LogP contribution in [0.4, 0.5) is 11.5 Å². The van der Waals surface area contributed by atoms with Crippen LogP contribution in [0.2, 0.25) is 0 Å². The first-order valence-electron chi connectivity index (χ1n) is 10.8. The van der Waals surface area contributed by atoms with Gasteiger partial charge >= 0.3 is 0 Å². The summed E-state index contributed by atoms with van der Waals surface area (Å²) in [5.74, 6) is 1.01. The van der Waals surface area contributed by atoms with Crippen LogP contribution in [0.3, 0.4) is 0 Å². The van der Waals surface area contributed by atoms with E-state index in [-0.39, 0.29) is 11.9 Å². The Morgan fingerprint density at radius 2 is 2.00 bits per heavy atom. The molecule has 2 amide bonds. The van der Waals surface area contributed by atoms with Crippen LogP contribution >= 0.6 is 0 Å². The Bertz CT molecular complexity index is 1180. The summed E-state index contributed by atoms with van der Waals surface area (Å²) in [6.45, 7) is 2.06. The summed E-state index contributed by atoms with van der Waals surface area (Å²) < 4.78 is 1.91. The molecule has 2 aromatic heterocycles. The van der Waals surface area contributed by atoms with Gasteiger partial charge in [-0.2, -0.15) is 4.98 Å². The quantitative estimate of drug-likeness (QED) is 0.702. The van der Waals surface area contributed by atoms with Crippen molar-refractivity contribution in [1.82, 2.24) is 14.5 Å². The van der Waals surface area contributed by atoms with Gasteiger partial charge in [0, 0.05) is 30.2 Å². The highest BCUT2D eigenvalue weighted by Crippen LogP contribution is 2.39. The van der Waals surface area contributed by atoms with Gasteiger partial charge in [-0.25, -0.2) is 4.98 Å². The Balaban J connectivity index is 1.64. The number of primary amides is 1. The fourth-order valence-corrected chi connectivity index (χ4v) is 4.96. The smallest absolute Gasteiger partial charge is 0.249 e. The van der Waals surface area contributed by atoms with Gasteiger partial charge in [0.05, 0.1) is 11.7 Å². The fourth-order valence-electron chi connectivity index (χ4n) is 4.96. The van der Waals surface area contributed by atoms with Gasteiger partial charge in [0.2, 0.25) is 17.8 Å². The molecule has 3 heterocycles. The highest BCUT2D eigenvalue weighted by Gasteiger charge is 2.41. The van der Waals surface area contributed by atoms with E-state index >= 15 is 0 Å². The van der Waals surface area contributed by atoms with E-state index in [1.165, 1.54) is 12.8 Å². The minimum absolute atomic E-state index is 0.101. The van der Waals surface area contributed by atoms with Crippen LogP contribution in [0.1, 0.15) is 49.4 Å². The van der Waals surface area contributed by atoms with Crippen molar-refractivity contribution < 1.29 is 9.59 Å². The Morgan fingerprint density at radius 3 is 2.71 bits per heavy atom. The molecule has 0 bridgehead atoms. The molecule has 0 spiro atoms. The lowest BCUT2D eigenvalue weighted by Crippen LogP contribution is -2.55. The van der Waals surface area contributed by atoms with E-state index < -0.39 is 5.91 Å². The standard InChI is InChI=1S/C23H26N6O2/c1-3-17-22(31)27(2)19-13-25-23(26-21(19)29(17)16-6-4-5-7-16)28-11-10-14-12-15(20(24)30)8-9-18(14)28/h8-13,16-17H,3-7H2,1-2H3,(H2,24,30)/t17-/m1/s1. The number of carbonyl (C=O) groups excluding carboxylic acids is 2. The van der Waals surface area contributed by atoms with Crippen molar-refractivity contribution in [3.8, 4) is 5.95 Å². The Morgan fingerprint density at radius 1 is 1.23 bits per heavy atom. The molecule has 1 fully saturated rings. The molecule has 1 aromatic carbocycles. The second kappa shape index (κ2) is 7.37. The van der Waals surface area contributed by atoms with Crippen LogP contribution < -0.4 is 15.5 Å². The predicted octanol–water partition coefficient (Wildman–Crippen LogP) is 3.02. The maximum atomic E-state index is 13.0. The zero-order valence-electron chi connectivity index (χ0n) is 17.8. The lowest BCUT2D eigenvalue weighted by molar-refractivity contribution is -0.120. The zero-order valence-corrected chi connectivity index (χ0v) is 17.8. The third-order valence-corrected chi connectivity index (χ3v) is 6.59. The normalized spacial score (nSPS) is 19.3. The molecule has 1 atom stereocenters. The van der Waals surface area contributed by atoms with Gasteiger partial charge in [-0.05, 0) is 43.5 Å². The molecule has 5 rings (SSSR count). The minimum Gasteiger partial charge on any atom is -0.366 e. The number of anilines is 2. The highest BCUT2D eigenvalue weighted by molar-refractivity contribution is 6.04. The lowest BCUT2D eigenvalue weighted by atomic mass is 10.0. The average Bonchev–Trinajstić information content (AvgIpc) is 3.45. The van der Waals surface area contributed by atoms with Crippen molar-refractivity contribution in [1.29, 1.82) is 0 Å². The number of rotatable bonds is 4. The largest absolute Gasteiger partial charge is 0.366 e. The van der Waals surface area contributed by atoms with E-state index in [1.807, 2.05) is 22.9 Å². The van der Waals surface area contributed by atoms with Crippen molar-refractivity contribution >= 4 is 34.2 Å². The molecule has 1 saturated carbocycles. The third kappa shape index (κ3) is 3.05. The molecule has 0 saturated heterocycles. The number of fused-ring (bicyclic) bond motifs is 2. The van der Waals surface area contributed by atoms with Crippen molar-refractivity contribution in [2.45, 2.75) is 51.1 Å². The number of nitrogens with zero attached hydrogens (tertiary/aromatic N) is 5. The first-order chi connectivity index (χ1) is 15.0. The Labute approximate surface area is 180 Å². The molecule has 2 aliphatic rings. The topological polar surface area (TPSA) is 97.3 Å². The second-order valence-corrected chi connectivity index (χ2v) is 8.37.